The molecule has 1 aromatic rings. The molecule has 1 aromatic carbocycles. The van der Waals surface area contributed by atoms with Crippen LogP contribution in [-0.4, -0.2) is 50.2 Å². The third kappa shape index (κ3) is 4.70. The number of ether oxygens (including phenoxy) is 1. The molecule has 0 aliphatic carbocycles. The highest BCUT2D eigenvalue weighted by molar-refractivity contribution is 6.31. The molecule has 0 aromatic heterocycles. The van der Waals surface area contributed by atoms with Crippen molar-refractivity contribution in [3.63, 3.8) is 0 Å². The maximum atomic E-state index is 12.3. The summed E-state index contributed by atoms with van der Waals surface area (Å²) in [6.45, 7) is 2.55. The van der Waals surface area contributed by atoms with Gasteiger partial charge in [0.1, 0.15) is 0 Å². The van der Waals surface area contributed by atoms with Crippen LogP contribution in [0.15, 0.2) is 24.3 Å². The molecule has 116 valence electrons. The molecule has 0 unspecified atom stereocenters. The van der Waals surface area contributed by atoms with E-state index in [1.807, 2.05) is 29.2 Å². The van der Waals surface area contributed by atoms with Gasteiger partial charge in [0.05, 0.1) is 13.2 Å². The number of nitrogens with one attached hydrogen (secondary N) is 1. The van der Waals surface area contributed by atoms with E-state index in [-0.39, 0.29) is 11.9 Å². The first-order valence-corrected chi connectivity index (χ1v) is 7.82. The molecular formula is C16H23ClN2O2. The Labute approximate surface area is 131 Å². The largest absolute Gasteiger partial charge is 0.383 e. The van der Waals surface area contributed by atoms with Gasteiger partial charge in [-0.05, 0) is 30.9 Å². The Morgan fingerprint density at radius 3 is 3.05 bits per heavy atom. The van der Waals surface area contributed by atoms with E-state index in [0.29, 0.717) is 19.7 Å². The summed E-state index contributed by atoms with van der Waals surface area (Å²) in [4.78, 5) is 14.3. The van der Waals surface area contributed by atoms with E-state index in [0.717, 1.165) is 36.4 Å². The molecule has 1 aliphatic rings. The Bertz CT molecular complexity index is 467. The molecule has 0 radical (unpaired) electrons. The fraction of sp³-hybridized carbons (Fsp3) is 0.562. The monoisotopic (exact) mass is 310 g/mol. The third-order valence-electron chi connectivity index (χ3n) is 3.87. The number of carbonyl (C=O) groups is 1. The molecule has 1 heterocycles. The molecule has 1 fully saturated rings. The van der Waals surface area contributed by atoms with Crippen molar-refractivity contribution >= 4 is 17.5 Å². The number of methoxy groups -OCH3 is 1. The molecule has 1 amide bonds. The van der Waals surface area contributed by atoms with Crippen LogP contribution in [0, 0.1) is 0 Å². The van der Waals surface area contributed by atoms with Gasteiger partial charge in [0, 0.05) is 31.3 Å². The quantitative estimate of drug-likeness (QED) is 0.784. The van der Waals surface area contributed by atoms with Crippen LogP contribution in [-0.2, 0) is 16.0 Å². The molecule has 1 saturated heterocycles. The van der Waals surface area contributed by atoms with E-state index in [1.54, 1.807) is 7.11 Å². The van der Waals surface area contributed by atoms with Crippen LogP contribution >= 0.6 is 11.6 Å². The van der Waals surface area contributed by atoms with Gasteiger partial charge in [-0.1, -0.05) is 29.8 Å². The average molecular weight is 311 g/mol. The van der Waals surface area contributed by atoms with Crippen molar-refractivity contribution in [2.24, 2.45) is 0 Å². The van der Waals surface area contributed by atoms with Crippen molar-refractivity contribution in [1.29, 1.82) is 0 Å². The van der Waals surface area contributed by atoms with Crippen molar-refractivity contribution in [2.75, 3.05) is 33.4 Å². The smallest absolute Gasteiger partial charge is 0.236 e. The van der Waals surface area contributed by atoms with Crippen LogP contribution < -0.4 is 5.32 Å². The molecular weight excluding hydrogens is 288 g/mol. The molecule has 1 atom stereocenters. The number of rotatable bonds is 7. The summed E-state index contributed by atoms with van der Waals surface area (Å²) < 4.78 is 4.96. The summed E-state index contributed by atoms with van der Waals surface area (Å²) in [5, 5.41) is 3.90. The van der Waals surface area contributed by atoms with Gasteiger partial charge in [0.15, 0.2) is 0 Å². The zero-order chi connectivity index (χ0) is 15.1. The van der Waals surface area contributed by atoms with E-state index in [4.69, 9.17) is 16.3 Å². The predicted molar refractivity (Wildman–Crippen MR) is 84.6 cm³/mol. The number of carbonyl (C=O) groups excluding carboxylic acids is 1. The second kappa shape index (κ2) is 8.37. The Hall–Kier alpha value is -1.10. The second-order valence-corrected chi connectivity index (χ2v) is 5.76. The minimum absolute atomic E-state index is 0.167. The second-order valence-electron chi connectivity index (χ2n) is 5.35. The zero-order valence-corrected chi connectivity index (χ0v) is 13.2. The lowest BCUT2D eigenvalue weighted by Crippen LogP contribution is -2.42. The minimum Gasteiger partial charge on any atom is -0.383 e. The molecule has 4 nitrogen and oxygen atoms in total. The molecule has 5 heteroatoms. The number of hydrogen-bond acceptors (Lipinski definition) is 3. The normalized spacial score (nSPS) is 18.2. The molecule has 21 heavy (non-hydrogen) atoms. The standard InChI is InChI=1S/C16H23ClN2O2/c1-21-10-8-18-12-16(20)19-9-4-6-14(19)11-13-5-2-3-7-15(13)17/h2-3,5,7,14,18H,4,6,8-12H2,1H3/t14-/m0/s1. The summed E-state index contributed by atoms with van der Waals surface area (Å²) in [5.41, 5.74) is 1.12. The van der Waals surface area contributed by atoms with Crippen molar-refractivity contribution in [3.05, 3.63) is 34.9 Å². The molecule has 0 saturated carbocycles. The fourth-order valence-corrected chi connectivity index (χ4v) is 2.98. The highest BCUT2D eigenvalue weighted by Crippen LogP contribution is 2.24. The van der Waals surface area contributed by atoms with Gasteiger partial charge in [0.25, 0.3) is 0 Å². The molecule has 2 rings (SSSR count). The topological polar surface area (TPSA) is 41.6 Å². The predicted octanol–water partition coefficient (Wildman–Crippen LogP) is 2.11. The van der Waals surface area contributed by atoms with Gasteiger partial charge in [0.2, 0.25) is 5.91 Å². The SMILES string of the molecule is COCCNCC(=O)N1CCC[C@H]1Cc1ccccc1Cl. The number of likely N-dealkylation sites (tertiary alicyclic amines) is 1. The highest BCUT2D eigenvalue weighted by atomic mass is 35.5. The van der Waals surface area contributed by atoms with Gasteiger partial charge >= 0.3 is 0 Å². The Morgan fingerprint density at radius 1 is 1.48 bits per heavy atom. The van der Waals surface area contributed by atoms with E-state index in [2.05, 4.69) is 5.32 Å². The Kier molecular flexibility index (Phi) is 6.49. The fourth-order valence-electron chi connectivity index (χ4n) is 2.77. The number of amides is 1. The maximum Gasteiger partial charge on any atom is 0.236 e. The zero-order valence-electron chi connectivity index (χ0n) is 12.5. The summed E-state index contributed by atoms with van der Waals surface area (Å²) in [7, 11) is 1.66. The number of benzene rings is 1. The lowest BCUT2D eigenvalue weighted by atomic mass is 10.0. The maximum absolute atomic E-state index is 12.3. The molecule has 0 bridgehead atoms. The number of nitrogens with zero attached hydrogens (tertiary/aromatic N) is 1. The van der Waals surface area contributed by atoms with Gasteiger partial charge in [-0.15, -0.1) is 0 Å². The highest BCUT2D eigenvalue weighted by Gasteiger charge is 2.28. The van der Waals surface area contributed by atoms with Gasteiger partial charge in [-0.3, -0.25) is 4.79 Å². The van der Waals surface area contributed by atoms with E-state index in [1.165, 1.54) is 0 Å². The van der Waals surface area contributed by atoms with E-state index >= 15 is 0 Å². The van der Waals surface area contributed by atoms with Crippen molar-refractivity contribution in [3.8, 4) is 0 Å². The summed E-state index contributed by atoms with van der Waals surface area (Å²) in [5.74, 6) is 0.167. The summed E-state index contributed by atoms with van der Waals surface area (Å²) in [6, 6.07) is 8.14. The number of halogens is 1. The average Bonchev–Trinajstić information content (AvgIpc) is 2.94. The van der Waals surface area contributed by atoms with Crippen molar-refractivity contribution in [1.82, 2.24) is 10.2 Å². The lowest BCUT2D eigenvalue weighted by Gasteiger charge is -2.25. The Balaban J connectivity index is 1.88. The van der Waals surface area contributed by atoms with Crippen LogP contribution in [0.3, 0.4) is 0 Å². The van der Waals surface area contributed by atoms with Gasteiger partial charge in [-0.25, -0.2) is 0 Å². The molecule has 1 N–H and O–H groups in total. The van der Waals surface area contributed by atoms with Gasteiger partial charge < -0.3 is 15.0 Å². The van der Waals surface area contributed by atoms with Gasteiger partial charge in [-0.2, -0.15) is 0 Å². The third-order valence-corrected chi connectivity index (χ3v) is 4.24. The minimum atomic E-state index is 0.167. The van der Waals surface area contributed by atoms with E-state index < -0.39 is 0 Å². The first-order valence-electron chi connectivity index (χ1n) is 7.45. The lowest BCUT2D eigenvalue weighted by molar-refractivity contribution is -0.131. The van der Waals surface area contributed by atoms with Crippen LogP contribution in [0.5, 0.6) is 0 Å². The summed E-state index contributed by atoms with van der Waals surface area (Å²) in [6.07, 6.45) is 2.96. The van der Waals surface area contributed by atoms with Crippen LogP contribution in [0.4, 0.5) is 0 Å². The molecule has 0 spiro atoms. The first-order chi connectivity index (χ1) is 10.2. The molecule has 1 aliphatic heterocycles. The van der Waals surface area contributed by atoms with Crippen LogP contribution in [0.25, 0.3) is 0 Å². The Morgan fingerprint density at radius 2 is 2.29 bits per heavy atom. The first kappa shape index (κ1) is 16.3. The summed E-state index contributed by atoms with van der Waals surface area (Å²) >= 11 is 6.22. The number of hydrogen-bond donors (Lipinski definition) is 1. The van der Waals surface area contributed by atoms with Crippen LogP contribution in [0.1, 0.15) is 18.4 Å². The van der Waals surface area contributed by atoms with Crippen molar-refractivity contribution in [2.45, 2.75) is 25.3 Å². The van der Waals surface area contributed by atoms with Crippen LogP contribution in [0.2, 0.25) is 5.02 Å². The van der Waals surface area contributed by atoms with E-state index in [9.17, 15) is 4.79 Å². The van der Waals surface area contributed by atoms with Crippen molar-refractivity contribution < 1.29 is 9.53 Å².